The number of allylic oxidation sites excluding steroid dienone is 2. The van der Waals surface area contributed by atoms with E-state index in [4.69, 9.17) is 23.2 Å². The molecule has 1 unspecified atom stereocenters. The number of anilines is 1. The Balaban J connectivity index is 1.83. The van der Waals surface area contributed by atoms with Gasteiger partial charge in [-0.05, 0) is 23.8 Å². The molecule has 0 fully saturated rings. The number of carbonyl (C=O) groups is 1. The second-order valence-corrected chi connectivity index (χ2v) is 10.4. The largest absolute Gasteiger partial charge is 0.524 e. The first-order valence-electron chi connectivity index (χ1n) is 9.72. The summed E-state index contributed by atoms with van der Waals surface area (Å²) < 4.78 is 67.5. The highest BCUT2D eigenvalue weighted by Crippen LogP contribution is 2.48. The van der Waals surface area contributed by atoms with Crippen molar-refractivity contribution in [3.63, 3.8) is 0 Å². The van der Waals surface area contributed by atoms with Crippen molar-refractivity contribution in [2.45, 2.75) is 29.7 Å². The summed E-state index contributed by atoms with van der Waals surface area (Å²) in [4.78, 5) is 16.2. The Kier molecular flexibility index (Phi) is 7.61. The second kappa shape index (κ2) is 9.95. The first-order chi connectivity index (χ1) is 15.8. The first-order valence-corrected chi connectivity index (χ1v) is 12.1. The molecule has 0 spiro atoms. The number of amides is 2. The zero-order valence-corrected chi connectivity index (χ0v) is 19.8. The van der Waals surface area contributed by atoms with Crippen LogP contribution in [0.3, 0.4) is 0 Å². The molecule has 1 aliphatic rings. The van der Waals surface area contributed by atoms with E-state index in [-0.39, 0.29) is 32.8 Å². The molecule has 1 aromatic carbocycles. The summed E-state index contributed by atoms with van der Waals surface area (Å²) in [6, 6.07) is 9.63. The third-order valence-electron chi connectivity index (χ3n) is 4.66. The van der Waals surface area contributed by atoms with Crippen molar-refractivity contribution in [3.8, 4) is 0 Å². The number of nitrogens with one attached hydrogen (secondary N) is 2. The number of pyridine rings is 1. The van der Waals surface area contributed by atoms with E-state index in [0.29, 0.717) is 5.56 Å². The van der Waals surface area contributed by atoms with Gasteiger partial charge in [-0.2, -0.15) is 0 Å². The first kappa shape index (κ1) is 26.0. The van der Waals surface area contributed by atoms with Crippen LogP contribution in [0.1, 0.15) is 18.9 Å². The van der Waals surface area contributed by atoms with Gasteiger partial charge in [-0.1, -0.05) is 60.5 Å². The maximum absolute atomic E-state index is 13.2. The molecule has 1 atom stereocenters. The SMILES string of the molecule is CCS(=O)(=O)c1ccc(NC(=O)NC2=CC(Cl)=C(c3ccccc3)C(Cl)(OC(F)(F)F)C2)nc1. The molecule has 1 aliphatic carbocycles. The van der Waals surface area contributed by atoms with E-state index < -0.39 is 33.7 Å². The van der Waals surface area contributed by atoms with Crippen molar-refractivity contribution in [3.05, 3.63) is 71.0 Å². The molecule has 1 aromatic heterocycles. The van der Waals surface area contributed by atoms with Crippen LogP contribution in [0, 0.1) is 0 Å². The molecule has 1 heterocycles. The summed E-state index contributed by atoms with van der Waals surface area (Å²) in [5.74, 6) is -0.102. The number of sulfone groups is 1. The van der Waals surface area contributed by atoms with Gasteiger partial charge in [0, 0.05) is 23.9 Å². The monoisotopic (exact) mass is 535 g/mol. The average molecular weight is 536 g/mol. The molecule has 13 heteroatoms. The number of rotatable bonds is 6. The fourth-order valence-electron chi connectivity index (χ4n) is 3.20. The highest BCUT2D eigenvalue weighted by atomic mass is 35.5. The van der Waals surface area contributed by atoms with Crippen molar-refractivity contribution in [2.75, 3.05) is 11.1 Å². The van der Waals surface area contributed by atoms with Crippen molar-refractivity contribution < 1.29 is 31.1 Å². The molecular weight excluding hydrogens is 518 g/mol. The minimum absolute atomic E-state index is 0.0132. The molecule has 0 bridgehead atoms. The molecular formula is C21H18Cl2F3N3O4S. The maximum atomic E-state index is 13.2. The Morgan fingerprint density at radius 2 is 1.85 bits per heavy atom. The number of alkyl halides is 4. The molecule has 34 heavy (non-hydrogen) atoms. The molecule has 7 nitrogen and oxygen atoms in total. The average Bonchev–Trinajstić information content (AvgIpc) is 2.72. The molecule has 2 amide bonds. The number of benzene rings is 1. The minimum atomic E-state index is -5.09. The van der Waals surface area contributed by atoms with E-state index in [1.54, 1.807) is 18.2 Å². The number of nitrogens with zero attached hydrogens (tertiary/aromatic N) is 1. The molecule has 2 aromatic rings. The Hall–Kier alpha value is -2.60. The number of aromatic nitrogens is 1. The third-order valence-corrected chi connectivity index (χ3v) is 7.08. The minimum Gasteiger partial charge on any atom is -0.311 e. The van der Waals surface area contributed by atoms with E-state index in [1.807, 2.05) is 0 Å². The Morgan fingerprint density at radius 3 is 2.41 bits per heavy atom. The van der Waals surface area contributed by atoms with Gasteiger partial charge in [0.25, 0.3) is 0 Å². The molecule has 2 N–H and O–H groups in total. The van der Waals surface area contributed by atoms with Crippen LogP contribution in [-0.2, 0) is 14.6 Å². The zero-order valence-electron chi connectivity index (χ0n) is 17.5. The Labute approximate surface area is 203 Å². The number of hydrogen-bond donors (Lipinski definition) is 2. The number of urea groups is 1. The summed E-state index contributed by atoms with van der Waals surface area (Å²) >= 11 is 12.6. The summed E-state index contributed by atoms with van der Waals surface area (Å²) in [5.41, 5.74) is 0.165. The van der Waals surface area contributed by atoms with Crippen LogP contribution in [0.2, 0.25) is 0 Å². The molecule has 0 saturated carbocycles. The van der Waals surface area contributed by atoms with Gasteiger partial charge >= 0.3 is 12.4 Å². The van der Waals surface area contributed by atoms with Crippen molar-refractivity contribution in [2.24, 2.45) is 0 Å². The summed E-state index contributed by atoms with van der Waals surface area (Å²) in [5, 5.41) is 2.13. The van der Waals surface area contributed by atoms with Crippen molar-refractivity contribution in [1.82, 2.24) is 10.3 Å². The van der Waals surface area contributed by atoms with E-state index >= 15 is 0 Å². The smallest absolute Gasteiger partial charge is 0.311 e. The van der Waals surface area contributed by atoms with Gasteiger partial charge in [-0.15, -0.1) is 13.2 Å². The molecule has 0 radical (unpaired) electrons. The fourth-order valence-corrected chi connectivity index (χ4v) is 4.90. The van der Waals surface area contributed by atoms with Crippen LogP contribution < -0.4 is 10.6 Å². The number of carbonyl (C=O) groups excluding carboxylic acids is 1. The predicted molar refractivity (Wildman–Crippen MR) is 122 cm³/mol. The van der Waals surface area contributed by atoms with E-state index in [1.165, 1.54) is 37.3 Å². The van der Waals surface area contributed by atoms with Gasteiger partial charge in [0.2, 0.25) is 0 Å². The van der Waals surface area contributed by atoms with Gasteiger partial charge in [-0.3, -0.25) is 10.1 Å². The lowest BCUT2D eigenvalue weighted by atomic mass is 9.92. The molecule has 0 aliphatic heterocycles. The molecule has 0 saturated heterocycles. The summed E-state index contributed by atoms with van der Waals surface area (Å²) in [7, 11) is -3.47. The lowest BCUT2D eigenvalue weighted by Crippen LogP contribution is -2.40. The van der Waals surface area contributed by atoms with Crippen molar-refractivity contribution >= 4 is 50.5 Å². The second-order valence-electron chi connectivity index (χ2n) is 7.07. The van der Waals surface area contributed by atoms with Gasteiger partial charge < -0.3 is 5.32 Å². The summed E-state index contributed by atoms with van der Waals surface area (Å²) in [6.07, 6.45) is -3.30. The Bertz CT molecular complexity index is 1230. The highest BCUT2D eigenvalue weighted by Gasteiger charge is 2.48. The molecule has 3 rings (SSSR count). The fraction of sp³-hybridized carbons (Fsp3) is 0.238. The van der Waals surface area contributed by atoms with Crippen LogP contribution in [0.4, 0.5) is 23.8 Å². The van der Waals surface area contributed by atoms with Gasteiger partial charge in [-0.25, -0.2) is 18.2 Å². The lowest BCUT2D eigenvalue weighted by Gasteiger charge is -2.35. The third kappa shape index (κ3) is 6.29. The van der Waals surface area contributed by atoms with Crippen LogP contribution in [0.5, 0.6) is 0 Å². The summed E-state index contributed by atoms with van der Waals surface area (Å²) in [6.45, 7) is 1.48. The van der Waals surface area contributed by atoms with E-state index in [2.05, 4.69) is 20.4 Å². The number of ether oxygens (including phenoxy) is 1. The van der Waals surface area contributed by atoms with Crippen molar-refractivity contribution in [1.29, 1.82) is 0 Å². The highest BCUT2D eigenvalue weighted by molar-refractivity contribution is 7.91. The lowest BCUT2D eigenvalue weighted by molar-refractivity contribution is -0.342. The van der Waals surface area contributed by atoms with E-state index in [0.717, 1.165) is 6.20 Å². The van der Waals surface area contributed by atoms with Gasteiger partial charge in [0.05, 0.1) is 15.7 Å². The standard InChI is InChI=1S/C21H18Cl2F3N3O4S/c1-2-34(31,32)15-8-9-17(27-12-15)29-19(30)28-14-10-16(22)18(13-6-4-3-5-7-13)20(23,11-14)33-21(24,25)26/h3-10,12H,2,11H2,1H3,(H2,27,28,29,30). The number of halogens is 5. The normalized spacial score (nSPS) is 18.9. The van der Waals surface area contributed by atoms with Gasteiger partial charge in [0.15, 0.2) is 14.9 Å². The van der Waals surface area contributed by atoms with Crippen LogP contribution in [0.25, 0.3) is 5.57 Å². The quantitative estimate of drug-likeness (QED) is 0.482. The predicted octanol–water partition coefficient (Wildman–Crippen LogP) is 5.41. The van der Waals surface area contributed by atoms with E-state index in [9.17, 15) is 26.4 Å². The Morgan fingerprint density at radius 1 is 1.18 bits per heavy atom. The topological polar surface area (TPSA) is 97.4 Å². The number of hydrogen-bond acceptors (Lipinski definition) is 5. The van der Waals surface area contributed by atoms with Gasteiger partial charge in [0.1, 0.15) is 5.82 Å². The molecule has 182 valence electrons. The zero-order chi connectivity index (χ0) is 25.1. The van der Waals surface area contributed by atoms with Crippen LogP contribution in [0.15, 0.2) is 70.4 Å². The van der Waals surface area contributed by atoms with Crippen LogP contribution >= 0.6 is 23.2 Å². The van der Waals surface area contributed by atoms with Crippen LogP contribution in [-0.4, -0.2) is 36.6 Å². The maximum Gasteiger partial charge on any atom is 0.524 e.